The van der Waals surface area contributed by atoms with E-state index in [0.717, 1.165) is 29.3 Å². The monoisotopic (exact) mass is 550 g/mol. The Morgan fingerprint density at radius 3 is 2.50 bits per heavy atom. The molecular weight excluding hydrogens is 520 g/mol. The lowest BCUT2D eigenvalue weighted by atomic mass is 9.90. The van der Waals surface area contributed by atoms with Gasteiger partial charge in [-0.1, -0.05) is 60.6 Å². The molecule has 1 saturated carbocycles. The molecule has 0 bridgehead atoms. The van der Waals surface area contributed by atoms with E-state index in [2.05, 4.69) is 25.7 Å². The van der Waals surface area contributed by atoms with Gasteiger partial charge in [0.1, 0.15) is 16.5 Å². The van der Waals surface area contributed by atoms with Gasteiger partial charge in [-0.2, -0.15) is 0 Å². The zero-order valence-corrected chi connectivity index (χ0v) is 23.0. The Morgan fingerprint density at radius 1 is 1.03 bits per heavy atom. The largest absolute Gasteiger partial charge is 0.497 e. The first-order valence-corrected chi connectivity index (χ1v) is 14.5. The molecule has 1 aliphatic rings. The Hall–Kier alpha value is -3.44. The van der Waals surface area contributed by atoms with E-state index in [1.165, 1.54) is 42.4 Å². The Balaban J connectivity index is 1.27. The van der Waals surface area contributed by atoms with E-state index < -0.39 is 0 Å². The molecule has 4 aromatic rings. The quantitative estimate of drug-likeness (QED) is 0.238. The van der Waals surface area contributed by atoms with E-state index in [1.54, 1.807) is 7.11 Å². The molecular formula is C27H30N6O3S2. The van der Waals surface area contributed by atoms with Gasteiger partial charge in [0.25, 0.3) is 0 Å². The summed E-state index contributed by atoms with van der Waals surface area (Å²) >= 11 is 2.79. The number of anilines is 1. The van der Waals surface area contributed by atoms with Crippen LogP contribution in [0.15, 0.2) is 59.8 Å². The molecule has 1 fully saturated rings. The minimum Gasteiger partial charge on any atom is -0.497 e. The minimum absolute atomic E-state index is 0.159. The van der Waals surface area contributed by atoms with E-state index in [4.69, 9.17) is 9.47 Å². The van der Waals surface area contributed by atoms with Crippen LogP contribution in [-0.4, -0.2) is 43.7 Å². The van der Waals surface area contributed by atoms with Crippen LogP contribution in [0.3, 0.4) is 0 Å². The summed E-state index contributed by atoms with van der Waals surface area (Å²) in [6.45, 7) is 1.92. The second-order valence-corrected chi connectivity index (χ2v) is 11.0. The molecule has 38 heavy (non-hydrogen) atoms. The fourth-order valence-corrected chi connectivity index (χ4v) is 6.14. The van der Waals surface area contributed by atoms with Crippen molar-refractivity contribution in [3.8, 4) is 17.2 Å². The molecule has 1 atom stereocenters. The van der Waals surface area contributed by atoms with E-state index in [-0.39, 0.29) is 17.8 Å². The number of nitrogens with zero attached hydrogens (tertiary/aromatic N) is 5. The minimum atomic E-state index is -0.390. The molecule has 1 amide bonds. The second-order valence-electron chi connectivity index (χ2n) is 9.06. The Morgan fingerprint density at radius 2 is 1.76 bits per heavy atom. The molecule has 198 valence electrons. The number of nitrogens with one attached hydrogen (secondary N) is 1. The van der Waals surface area contributed by atoms with Gasteiger partial charge in [-0.25, -0.2) is 0 Å². The van der Waals surface area contributed by atoms with Gasteiger partial charge in [0, 0.05) is 11.6 Å². The molecule has 9 nitrogen and oxygen atoms in total. The average molecular weight is 551 g/mol. The molecule has 5 rings (SSSR count). The molecule has 0 radical (unpaired) electrons. The van der Waals surface area contributed by atoms with Crippen LogP contribution in [0.5, 0.6) is 11.5 Å². The van der Waals surface area contributed by atoms with Crippen molar-refractivity contribution in [1.82, 2.24) is 25.0 Å². The summed E-state index contributed by atoms with van der Waals surface area (Å²) in [5.74, 6) is 2.56. The molecule has 2 heterocycles. The smallest absolute Gasteiger partial charge is 0.236 e. The van der Waals surface area contributed by atoms with Crippen LogP contribution >= 0.6 is 23.1 Å². The molecule has 0 aliphatic heterocycles. The predicted molar refractivity (Wildman–Crippen MR) is 148 cm³/mol. The number of carbonyl (C=O) groups excluding carboxylic acids is 1. The van der Waals surface area contributed by atoms with Crippen molar-refractivity contribution >= 4 is 34.1 Å². The van der Waals surface area contributed by atoms with Crippen LogP contribution in [-0.2, 0) is 4.79 Å². The zero-order chi connectivity index (χ0) is 26.3. The summed E-state index contributed by atoms with van der Waals surface area (Å²) in [5.41, 5.74) is 0.891. The average Bonchev–Trinajstić information content (AvgIpc) is 3.61. The highest BCUT2D eigenvalue weighted by Crippen LogP contribution is 2.35. The van der Waals surface area contributed by atoms with Crippen molar-refractivity contribution in [2.24, 2.45) is 0 Å². The van der Waals surface area contributed by atoms with Crippen LogP contribution in [0.25, 0.3) is 5.69 Å². The number of aromatic nitrogens is 5. The SMILES string of the molecule is COc1ccc(OC(C)c2nnc(SCC(=O)Nc3nnc(C4CCCCC4)s3)n2-c2ccccc2)cc1. The highest BCUT2D eigenvalue weighted by Gasteiger charge is 2.23. The number of amides is 1. The lowest BCUT2D eigenvalue weighted by molar-refractivity contribution is -0.113. The molecule has 2 aromatic heterocycles. The Kier molecular flexibility index (Phi) is 8.54. The highest BCUT2D eigenvalue weighted by molar-refractivity contribution is 7.99. The third kappa shape index (κ3) is 6.33. The summed E-state index contributed by atoms with van der Waals surface area (Å²) in [4.78, 5) is 12.8. The Bertz CT molecular complexity index is 1340. The van der Waals surface area contributed by atoms with Crippen LogP contribution < -0.4 is 14.8 Å². The summed E-state index contributed by atoms with van der Waals surface area (Å²) in [6.07, 6.45) is 5.66. The third-order valence-corrected chi connectivity index (χ3v) is 8.31. The second kappa shape index (κ2) is 12.4. The van der Waals surface area contributed by atoms with Gasteiger partial charge in [-0.05, 0) is 56.2 Å². The summed E-state index contributed by atoms with van der Waals surface area (Å²) in [5, 5.41) is 22.4. The number of carbonyl (C=O) groups is 1. The molecule has 1 unspecified atom stereocenters. The van der Waals surface area contributed by atoms with Crippen molar-refractivity contribution in [3.63, 3.8) is 0 Å². The number of methoxy groups -OCH3 is 1. The lowest BCUT2D eigenvalue weighted by Crippen LogP contribution is -2.15. The number of thioether (sulfide) groups is 1. The van der Waals surface area contributed by atoms with Crippen LogP contribution in [0, 0.1) is 0 Å². The number of hydrogen-bond donors (Lipinski definition) is 1. The van der Waals surface area contributed by atoms with Gasteiger partial charge in [0.2, 0.25) is 11.0 Å². The molecule has 0 saturated heterocycles. The molecule has 11 heteroatoms. The normalized spacial score (nSPS) is 14.7. The number of para-hydroxylation sites is 1. The molecule has 0 spiro atoms. The maximum absolute atomic E-state index is 12.8. The van der Waals surface area contributed by atoms with Crippen molar-refractivity contribution < 1.29 is 14.3 Å². The first-order valence-electron chi connectivity index (χ1n) is 12.7. The first kappa shape index (κ1) is 26.2. The number of hydrogen-bond acceptors (Lipinski definition) is 9. The van der Waals surface area contributed by atoms with Crippen molar-refractivity contribution in [2.45, 2.75) is 56.2 Å². The van der Waals surface area contributed by atoms with Crippen molar-refractivity contribution in [3.05, 3.63) is 65.4 Å². The van der Waals surface area contributed by atoms with Gasteiger partial charge in [-0.3, -0.25) is 14.7 Å². The predicted octanol–water partition coefficient (Wildman–Crippen LogP) is 6.05. The number of rotatable bonds is 10. The maximum atomic E-state index is 12.8. The summed E-state index contributed by atoms with van der Waals surface area (Å²) in [7, 11) is 1.63. The first-order chi connectivity index (χ1) is 18.6. The zero-order valence-electron chi connectivity index (χ0n) is 21.4. The fraction of sp³-hybridized carbons (Fsp3) is 0.370. The Labute approximate surface area is 230 Å². The molecule has 1 N–H and O–H groups in total. The molecule has 1 aliphatic carbocycles. The third-order valence-electron chi connectivity index (χ3n) is 6.38. The van der Waals surface area contributed by atoms with E-state index in [9.17, 15) is 4.79 Å². The van der Waals surface area contributed by atoms with Gasteiger partial charge in [0.15, 0.2) is 17.1 Å². The fourth-order valence-electron chi connectivity index (χ4n) is 4.45. The standard InChI is InChI=1S/C27H30N6O3S2/c1-18(36-22-15-13-21(35-2)14-16-22)24-29-32-27(33(24)20-11-7-4-8-12-20)37-17-23(34)28-26-31-30-25(38-26)19-9-5-3-6-10-19/h4,7-8,11-16,18-19H,3,5-6,9-10,17H2,1-2H3,(H,28,31,34). The van der Waals surface area contributed by atoms with Crippen LogP contribution in [0.4, 0.5) is 5.13 Å². The van der Waals surface area contributed by atoms with E-state index in [1.807, 2.05) is 66.1 Å². The van der Waals surface area contributed by atoms with E-state index >= 15 is 0 Å². The molecule has 2 aromatic carbocycles. The van der Waals surface area contributed by atoms with E-state index in [0.29, 0.717) is 27.8 Å². The summed E-state index contributed by atoms with van der Waals surface area (Å²) in [6, 6.07) is 17.2. The lowest BCUT2D eigenvalue weighted by Gasteiger charge is -2.18. The van der Waals surface area contributed by atoms with Crippen LogP contribution in [0.2, 0.25) is 0 Å². The van der Waals surface area contributed by atoms with Gasteiger partial charge in [-0.15, -0.1) is 20.4 Å². The summed E-state index contributed by atoms with van der Waals surface area (Å²) < 4.78 is 13.3. The maximum Gasteiger partial charge on any atom is 0.236 e. The topological polar surface area (TPSA) is 104 Å². The van der Waals surface area contributed by atoms with Gasteiger partial charge >= 0.3 is 0 Å². The highest BCUT2D eigenvalue weighted by atomic mass is 32.2. The van der Waals surface area contributed by atoms with Crippen molar-refractivity contribution in [1.29, 1.82) is 0 Å². The number of ether oxygens (including phenoxy) is 2. The van der Waals surface area contributed by atoms with Gasteiger partial charge in [0.05, 0.1) is 12.9 Å². The number of benzene rings is 2. The van der Waals surface area contributed by atoms with Crippen LogP contribution in [0.1, 0.15) is 61.9 Å². The van der Waals surface area contributed by atoms with Crippen molar-refractivity contribution in [2.75, 3.05) is 18.2 Å². The van der Waals surface area contributed by atoms with Gasteiger partial charge < -0.3 is 9.47 Å².